The van der Waals surface area contributed by atoms with Crippen LogP contribution in [0.4, 0.5) is 5.95 Å². The minimum absolute atomic E-state index is 0.0207. The van der Waals surface area contributed by atoms with Crippen molar-refractivity contribution in [2.75, 3.05) is 31.2 Å². The Morgan fingerprint density at radius 3 is 2.52 bits per heavy atom. The van der Waals surface area contributed by atoms with Gasteiger partial charge in [0.15, 0.2) is 0 Å². The van der Waals surface area contributed by atoms with Crippen LogP contribution in [0.3, 0.4) is 0 Å². The number of rotatable bonds is 5. The molecular weight excluding hydrogens is 459 g/mol. The van der Waals surface area contributed by atoms with E-state index in [-0.39, 0.29) is 17.9 Å². The second kappa shape index (κ2) is 9.53. The SMILES string of the molecule is CCc1ccc(-n2c(N3CCC(C(=O)N[C@@H]4CCOC4)CC3)nc3cc(Cl)c(Cl)cc32)cc1. The van der Waals surface area contributed by atoms with Gasteiger partial charge in [-0.25, -0.2) is 4.98 Å². The number of imidazole rings is 1. The van der Waals surface area contributed by atoms with Gasteiger partial charge in [0.25, 0.3) is 0 Å². The molecule has 0 radical (unpaired) electrons. The predicted octanol–water partition coefficient (Wildman–Crippen LogP) is 5.02. The molecule has 0 bridgehead atoms. The number of hydrogen-bond donors (Lipinski definition) is 1. The third kappa shape index (κ3) is 4.57. The molecule has 174 valence electrons. The number of benzene rings is 2. The van der Waals surface area contributed by atoms with Crippen LogP contribution >= 0.6 is 23.2 Å². The molecule has 6 nitrogen and oxygen atoms in total. The lowest BCUT2D eigenvalue weighted by atomic mass is 9.95. The lowest BCUT2D eigenvalue weighted by Gasteiger charge is -2.32. The maximum Gasteiger partial charge on any atom is 0.223 e. The van der Waals surface area contributed by atoms with E-state index in [0.29, 0.717) is 16.7 Å². The Morgan fingerprint density at radius 1 is 1.12 bits per heavy atom. The van der Waals surface area contributed by atoms with Gasteiger partial charge in [0.05, 0.1) is 33.7 Å². The molecular formula is C25H28Cl2N4O2. The van der Waals surface area contributed by atoms with Crippen LogP contribution in [0.2, 0.25) is 10.0 Å². The number of ether oxygens (including phenoxy) is 1. The number of amides is 1. The van der Waals surface area contributed by atoms with Gasteiger partial charge < -0.3 is 15.0 Å². The molecule has 2 fully saturated rings. The van der Waals surface area contributed by atoms with Crippen LogP contribution < -0.4 is 10.2 Å². The van der Waals surface area contributed by atoms with Gasteiger partial charge in [-0.05, 0) is 55.5 Å². The molecule has 2 aromatic carbocycles. The highest BCUT2D eigenvalue weighted by atomic mass is 35.5. The van der Waals surface area contributed by atoms with E-state index in [4.69, 9.17) is 32.9 Å². The molecule has 1 atom stereocenters. The molecule has 5 rings (SSSR count). The van der Waals surface area contributed by atoms with Gasteiger partial charge in [0.1, 0.15) is 0 Å². The number of halogens is 2. The van der Waals surface area contributed by atoms with Gasteiger partial charge >= 0.3 is 0 Å². The van der Waals surface area contributed by atoms with E-state index in [0.717, 1.165) is 68.0 Å². The molecule has 3 aromatic rings. The average Bonchev–Trinajstić information content (AvgIpc) is 3.47. The Hall–Kier alpha value is -2.28. The Balaban J connectivity index is 1.42. The molecule has 3 heterocycles. The third-order valence-electron chi connectivity index (χ3n) is 6.71. The Morgan fingerprint density at radius 2 is 1.85 bits per heavy atom. The summed E-state index contributed by atoms with van der Waals surface area (Å²) >= 11 is 12.7. The molecule has 0 saturated carbocycles. The van der Waals surface area contributed by atoms with E-state index in [9.17, 15) is 4.79 Å². The van der Waals surface area contributed by atoms with Crippen molar-refractivity contribution >= 4 is 46.1 Å². The maximum absolute atomic E-state index is 12.7. The molecule has 2 saturated heterocycles. The van der Waals surface area contributed by atoms with Crippen LogP contribution in [-0.2, 0) is 16.0 Å². The number of carbonyl (C=O) groups is 1. The molecule has 0 spiro atoms. The summed E-state index contributed by atoms with van der Waals surface area (Å²) in [6.45, 7) is 5.02. The minimum Gasteiger partial charge on any atom is -0.379 e. The summed E-state index contributed by atoms with van der Waals surface area (Å²) in [7, 11) is 0. The number of nitrogens with one attached hydrogen (secondary N) is 1. The molecule has 1 aromatic heterocycles. The fraction of sp³-hybridized carbons (Fsp3) is 0.440. The zero-order valence-corrected chi connectivity index (χ0v) is 20.2. The lowest BCUT2D eigenvalue weighted by Crippen LogP contribution is -2.44. The van der Waals surface area contributed by atoms with E-state index >= 15 is 0 Å². The zero-order valence-electron chi connectivity index (χ0n) is 18.7. The highest BCUT2D eigenvalue weighted by Crippen LogP contribution is 2.34. The zero-order chi connectivity index (χ0) is 22.9. The van der Waals surface area contributed by atoms with Crippen molar-refractivity contribution in [2.24, 2.45) is 5.92 Å². The average molecular weight is 487 g/mol. The van der Waals surface area contributed by atoms with Crippen LogP contribution in [0.15, 0.2) is 36.4 Å². The fourth-order valence-electron chi connectivity index (χ4n) is 4.72. The van der Waals surface area contributed by atoms with Crippen molar-refractivity contribution in [3.05, 3.63) is 52.0 Å². The summed E-state index contributed by atoms with van der Waals surface area (Å²) in [5.41, 5.74) is 4.04. The number of piperidine rings is 1. The van der Waals surface area contributed by atoms with Gasteiger partial charge in [0, 0.05) is 31.3 Å². The fourth-order valence-corrected chi connectivity index (χ4v) is 5.03. The molecule has 0 aliphatic carbocycles. The summed E-state index contributed by atoms with van der Waals surface area (Å²) in [6, 6.07) is 12.4. The molecule has 1 amide bonds. The maximum atomic E-state index is 12.7. The highest BCUT2D eigenvalue weighted by Gasteiger charge is 2.30. The number of anilines is 1. The van der Waals surface area contributed by atoms with Crippen LogP contribution in [0, 0.1) is 5.92 Å². The number of carbonyl (C=O) groups excluding carboxylic acids is 1. The van der Waals surface area contributed by atoms with Gasteiger partial charge in [-0.15, -0.1) is 0 Å². The van der Waals surface area contributed by atoms with Crippen molar-refractivity contribution in [3.8, 4) is 5.69 Å². The second-order valence-electron chi connectivity index (χ2n) is 8.85. The van der Waals surface area contributed by atoms with Crippen molar-refractivity contribution in [3.63, 3.8) is 0 Å². The van der Waals surface area contributed by atoms with Crippen molar-refractivity contribution in [1.82, 2.24) is 14.9 Å². The smallest absolute Gasteiger partial charge is 0.223 e. The van der Waals surface area contributed by atoms with E-state index in [1.165, 1.54) is 5.56 Å². The summed E-state index contributed by atoms with van der Waals surface area (Å²) in [5.74, 6) is 1.02. The summed E-state index contributed by atoms with van der Waals surface area (Å²) < 4.78 is 7.53. The first kappa shape index (κ1) is 22.5. The summed E-state index contributed by atoms with van der Waals surface area (Å²) in [4.78, 5) is 19.9. The monoisotopic (exact) mass is 486 g/mol. The van der Waals surface area contributed by atoms with Gasteiger partial charge in [-0.3, -0.25) is 9.36 Å². The first-order chi connectivity index (χ1) is 16.0. The summed E-state index contributed by atoms with van der Waals surface area (Å²) in [5, 5.41) is 4.15. The first-order valence-corrected chi connectivity index (χ1v) is 12.4. The van der Waals surface area contributed by atoms with E-state index in [2.05, 4.69) is 46.0 Å². The Bertz CT molecular complexity index is 1150. The third-order valence-corrected chi connectivity index (χ3v) is 7.43. The number of aryl methyl sites for hydroxylation is 1. The number of hydrogen-bond acceptors (Lipinski definition) is 4. The Kier molecular flexibility index (Phi) is 6.50. The lowest BCUT2D eigenvalue weighted by molar-refractivity contribution is -0.126. The van der Waals surface area contributed by atoms with Crippen LogP contribution in [0.1, 0.15) is 31.7 Å². The van der Waals surface area contributed by atoms with Crippen LogP contribution in [0.25, 0.3) is 16.7 Å². The van der Waals surface area contributed by atoms with E-state index in [1.807, 2.05) is 12.1 Å². The molecule has 2 aliphatic heterocycles. The standard InChI is InChI=1S/C25H28Cl2N4O2/c1-2-16-3-5-19(6-4-16)31-23-14-21(27)20(26)13-22(23)29-25(31)30-10-7-17(8-11-30)24(32)28-18-9-12-33-15-18/h3-6,13-14,17-18H,2,7-12,15H2,1H3,(H,28,32)/t18-/m1/s1. The quantitative estimate of drug-likeness (QED) is 0.550. The van der Waals surface area contributed by atoms with Crippen molar-refractivity contribution in [2.45, 2.75) is 38.6 Å². The normalized spacial score (nSPS) is 19.4. The van der Waals surface area contributed by atoms with Gasteiger partial charge in [-0.2, -0.15) is 0 Å². The van der Waals surface area contributed by atoms with Crippen LogP contribution in [0.5, 0.6) is 0 Å². The van der Waals surface area contributed by atoms with E-state index in [1.54, 1.807) is 0 Å². The highest BCUT2D eigenvalue weighted by molar-refractivity contribution is 6.42. The van der Waals surface area contributed by atoms with Crippen LogP contribution in [-0.4, -0.2) is 47.8 Å². The molecule has 0 unspecified atom stereocenters. The van der Waals surface area contributed by atoms with Gasteiger partial charge in [-0.1, -0.05) is 42.3 Å². The molecule has 8 heteroatoms. The largest absolute Gasteiger partial charge is 0.379 e. The molecule has 1 N–H and O–H groups in total. The number of nitrogens with zero attached hydrogens (tertiary/aromatic N) is 3. The van der Waals surface area contributed by atoms with Gasteiger partial charge in [0.2, 0.25) is 11.9 Å². The number of fused-ring (bicyclic) bond motifs is 1. The Labute approximate surface area is 203 Å². The first-order valence-electron chi connectivity index (χ1n) is 11.6. The van der Waals surface area contributed by atoms with Crippen molar-refractivity contribution in [1.29, 1.82) is 0 Å². The topological polar surface area (TPSA) is 59.4 Å². The van der Waals surface area contributed by atoms with Crippen molar-refractivity contribution < 1.29 is 9.53 Å². The number of aromatic nitrogens is 2. The minimum atomic E-state index is 0.0207. The predicted molar refractivity (Wildman–Crippen MR) is 133 cm³/mol. The summed E-state index contributed by atoms with van der Waals surface area (Å²) in [6.07, 6.45) is 3.47. The second-order valence-corrected chi connectivity index (χ2v) is 9.67. The molecule has 2 aliphatic rings. The molecule has 33 heavy (non-hydrogen) atoms. The van der Waals surface area contributed by atoms with E-state index < -0.39 is 0 Å².